The average molecular weight is 350 g/mol. The molecule has 5 heterocycles. The number of esters is 1. The van der Waals surface area contributed by atoms with Crippen LogP contribution < -0.4 is 0 Å². The zero-order valence-electron chi connectivity index (χ0n) is 15.0. The minimum Gasteiger partial charge on any atom is -0.461 e. The van der Waals surface area contributed by atoms with Crippen molar-refractivity contribution in [1.29, 1.82) is 0 Å². The van der Waals surface area contributed by atoms with Crippen LogP contribution in [0.5, 0.6) is 0 Å². The number of para-hydroxylation sites is 1. The second-order valence-electron chi connectivity index (χ2n) is 8.68. The summed E-state index contributed by atoms with van der Waals surface area (Å²) in [6.07, 6.45) is 2.85. The van der Waals surface area contributed by atoms with Gasteiger partial charge in [0.1, 0.15) is 12.4 Å². The van der Waals surface area contributed by atoms with Crippen molar-refractivity contribution in [2.24, 2.45) is 22.7 Å². The van der Waals surface area contributed by atoms with Gasteiger partial charge in [-0.3, -0.25) is 14.7 Å². The quantitative estimate of drug-likeness (QED) is 0.606. The number of benzene rings is 1. The maximum atomic E-state index is 12.0. The van der Waals surface area contributed by atoms with E-state index < -0.39 is 0 Å². The van der Waals surface area contributed by atoms with Gasteiger partial charge in [0, 0.05) is 30.8 Å². The Kier molecular flexibility index (Phi) is 2.69. The maximum absolute atomic E-state index is 12.0. The van der Waals surface area contributed by atoms with E-state index in [-0.39, 0.29) is 47.3 Å². The van der Waals surface area contributed by atoms with Gasteiger partial charge >= 0.3 is 5.97 Å². The van der Waals surface area contributed by atoms with E-state index in [9.17, 15) is 9.59 Å². The van der Waals surface area contributed by atoms with Crippen molar-refractivity contribution in [2.75, 3.05) is 0 Å². The molecule has 1 aromatic carbocycles. The Labute approximate surface area is 152 Å². The number of carbonyl (C=O) groups excluding carboxylic acids is 2. The number of piperidine rings is 4. The number of ether oxygens (including phenoxy) is 1. The van der Waals surface area contributed by atoms with Crippen LogP contribution in [0.4, 0.5) is 5.69 Å². The van der Waals surface area contributed by atoms with Crippen molar-refractivity contribution in [2.45, 2.75) is 56.3 Å². The van der Waals surface area contributed by atoms with Crippen LogP contribution in [0, 0.1) is 17.8 Å². The lowest BCUT2D eigenvalue weighted by Crippen LogP contribution is -2.69. The van der Waals surface area contributed by atoms with Gasteiger partial charge in [0.2, 0.25) is 0 Å². The number of nitrogens with zero attached hydrogens (tertiary/aromatic N) is 2. The van der Waals surface area contributed by atoms with Gasteiger partial charge in [-0.25, -0.2) is 0 Å². The fourth-order valence-corrected chi connectivity index (χ4v) is 7.28. The second kappa shape index (κ2) is 4.63. The molecule has 2 unspecified atom stereocenters. The SMILES string of the molecule is CC(=O)O[C@@H]1C2[C@H]3C[C@H]4C5=Nc6ccccc6[C@]51C[C@@H]2N4[C@@H](C)[C@@H]3C=O. The molecule has 9 atom stereocenters. The molecule has 1 aromatic rings. The second-order valence-corrected chi connectivity index (χ2v) is 8.68. The summed E-state index contributed by atoms with van der Waals surface area (Å²) in [5.41, 5.74) is 3.15. The van der Waals surface area contributed by atoms with Crippen LogP contribution in [-0.4, -0.2) is 47.1 Å². The molecule has 5 fully saturated rings. The third-order valence-electron chi connectivity index (χ3n) is 7.91. The van der Waals surface area contributed by atoms with Crippen molar-refractivity contribution in [1.82, 2.24) is 4.90 Å². The van der Waals surface area contributed by atoms with Crippen LogP contribution in [0.2, 0.25) is 0 Å². The van der Waals surface area contributed by atoms with Gasteiger partial charge in [-0.15, -0.1) is 0 Å². The van der Waals surface area contributed by atoms with E-state index >= 15 is 0 Å². The summed E-state index contributed by atoms with van der Waals surface area (Å²) in [5.74, 6) is 0.299. The molecule has 5 aliphatic heterocycles. The van der Waals surface area contributed by atoms with Gasteiger partial charge in [0.05, 0.1) is 22.9 Å². The first kappa shape index (κ1) is 15.1. The van der Waals surface area contributed by atoms with Crippen molar-refractivity contribution in [3.63, 3.8) is 0 Å². The molecule has 134 valence electrons. The Morgan fingerprint density at radius 1 is 1.38 bits per heavy atom. The number of hydrogen-bond donors (Lipinski definition) is 0. The number of carbonyl (C=O) groups is 2. The first-order valence-electron chi connectivity index (χ1n) is 9.66. The Morgan fingerprint density at radius 3 is 2.96 bits per heavy atom. The van der Waals surface area contributed by atoms with Crippen LogP contribution in [0.1, 0.15) is 32.3 Å². The van der Waals surface area contributed by atoms with E-state index in [0.717, 1.165) is 24.8 Å². The Balaban J connectivity index is 1.61. The lowest BCUT2D eigenvalue weighted by atomic mass is 9.62. The molecule has 0 radical (unpaired) electrons. The fourth-order valence-electron chi connectivity index (χ4n) is 7.28. The maximum Gasteiger partial charge on any atom is 0.302 e. The van der Waals surface area contributed by atoms with Gasteiger partial charge in [0.15, 0.2) is 0 Å². The number of rotatable bonds is 2. The molecule has 6 aliphatic rings. The molecule has 0 N–H and O–H groups in total. The summed E-state index contributed by atoms with van der Waals surface area (Å²) in [5, 5.41) is 0. The molecular weight excluding hydrogens is 328 g/mol. The van der Waals surface area contributed by atoms with Crippen LogP contribution in [0.3, 0.4) is 0 Å². The topological polar surface area (TPSA) is 59.0 Å². The highest BCUT2D eigenvalue weighted by molar-refractivity contribution is 6.08. The molecule has 4 saturated heterocycles. The van der Waals surface area contributed by atoms with E-state index in [4.69, 9.17) is 9.73 Å². The van der Waals surface area contributed by atoms with Crippen molar-refractivity contribution < 1.29 is 14.3 Å². The number of hydrogen-bond acceptors (Lipinski definition) is 5. The van der Waals surface area contributed by atoms with Crippen LogP contribution in [-0.2, 0) is 19.7 Å². The summed E-state index contributed by atoms with van der Waals surface area (Å²) in [4.78, 5) is 31.5. The molecule has 1 aliphatic carbocycles. The van der Waals surface area contributed by atoms with E-state index in [0.29, 0.717) is 6.04 Å². The number of aldehydes is 1. The largest absolute Gasteiger partial charge is 0.461 e. The molecule has 7 rings (SSSR count). The smallest absolute Gasteiger partial charge is 0.302 e. The normalized spacial score (nSPS) is 48.8. The molecule has 0 amide bonds. The van der Waals surface area contributed by atoms with Gasteiger partial charge in [-0.1, -0.05) is 18.2 Å². The first-order valence-corrected chi connectivity index (χ1v) is 9.66. The van der Waals surface area contributed by atoms with E-state index in [1.807, 2.05) is 6.07 Å². The molecular formula is C21H22N2O3. The summed E-state index contributed by atoms with van der Waals surface area (Å²) in [6, 6.07) is 9.21. The Bertz CT molecular complexity index is 880. The van der Waals surface area contributed by atoms with Gasteiger partial charge in [-0.2, -0.15) is 0 Å². The van der Waals surface area contributed by atoms with E-state index in [1.54, 1.807) is 0 Å². The predicted octanol–water partition coefficient (Wildman–Crippen LogP) is 2.25. The van der Waals surface area contributed by atoms with Crippen LogP contribution >= 0.6 is 0 Å². The van der Waals surface area contributed by atoms with Crippen LogP contribution in [0.25, 0.3) is 0 Å². The molecule has 1 spiro atoms. The van der Waals surface area contributed by atoms with Crippen molar-refractivity contribution in [3.8, 4) is 0 Å². The molecule has 5 bridgehead atoms. The number of fused-ring (bicyclic) bond motifs is 2. The molecule has 26 heavy (non-hydrogen) atoms. The molecule has 0 aromatic heterocycles. The van der Waals surface area contributed by atoms with E-state index in [1.165, 1.54) is 18.2 Å². The zero-order valence-corrected chi connectivity index (χ0v) is 15.0. The lowest BCUT2D eigenvalue weighted by molar-refractivity contribution is -0.159. The van der Waals surface area contributed by atoms with Crippen LogP contribution in [0.15, 0.2) is 29.3 Å². The highest BCUT2D eigenvalue weighted by atomic mass is 16.5. The minimum absolute atomic E-state index is 0.0235. The zero-order chi connectivity index (χ0) is 17.8. The summed E-state index contributed by atoms with van der Waals surface area (Å²) in [6.45, 7) is 3.69. The van der Waals surface area contributed by atoms with Crippen molar-refractivity contribution in [3.05, 3.63) is 29.8 Å². The molecule has 5 heteroatoms. The first-order chi connectivity index (χ1) is 12.6. The van der Waals surface area contributed by atoms with Gasteiger partial charge < -0.3 is 9.53 Å². The summed E-state index contributed by atoms with van der Waals surface area (Å²) in [7, 11) is 0. The molecule has 1 saturated carbocycles. The van der Waals surface area contributed by atoms with Gasteiger partial charge in [-0.05, 0) is 37.3 Å². The van der Waals surface area contributed by atoms with Crippen molar-refractivity contribution >= 4 is 23.7 Å². The fraction of sp³-hybridized carbons (Fsp3) is 0.571. The standard InChI is InChI=1S/C21H22N2O3/c1-10-13(9-24)12-7-16-19-21(14-5-3-4-6-15(14)22-19)8-17(23(10)16)18(12)20(21)26-11(2)25/h3-6,9-10,12-13,16-18,20H,7-8H2,1-2H3/t10-,12-,13-,16-,17-,18?,20+,21+/m0/s1. The average Bonchev–Trinajstić information content (AvgIpc) is 3.08. The highest BCUT2D eigenvalue weighted by Gasteiger charge is 2.75. The monoisotopic (exact) mass is 350 g/mol. The van der Waals surface area contributed by atoms with E-state index in [2.05, 4.69) is 30.0 Å². The third-order valence-corrected chi connectivity index (χ3v) is 7.91. The minimum atomic E-state index is -0.287. The lowest BCUT2D eigenvalue weighted by Gasteiger charge is -2.60. The summed E-state index contributed by atoms with van der Waals surface area (Å²) < 4.78 is 6.04. The highest BCUT2D eigenvalue weighted by Crippen LogP contribution is 2.67. The Morgan fingerprint density at radius 2 is 2.19 bits per heavy atom. The Hall–Kier alpha value is -2.01. The summed E-state index contributed by atoms with van der Waals surface area (Å²) >= 11 is 0. The molecule has 5 nitrogen and oxygen atoms in total. The predicted molar refractivity (Wildman–Crippen MR) is 95.4 cm³/mol. The number of aliphatic imine (C=N–C) groups is 1. The van der Waals surface area contributed by atoms with Gasteiger partial charge in [0.25, 0.3) is 0 Å². The third kappa shape index (κ3) is 1.44.